The third-order valence-electron chi connectivity index (χ3n) is 12.4. The fourth-order valence-corrected chi connectivity index (χ4v) is 10.8. The Bertz CT molecular complexity index is 3160. The van der Waals surface area contributed by atoms with Gasteiger partial charge >= 0.3 is 0 Å². The summed E-state index contributed by atoms with van der Waals surface area (Å²) in [6.45, 7) is 2.28. The number of nitrogens with zero attached hydrogens (tertiary/aromatic N) is 2. The second-order valence-corrected chi connectivity index (χ2v) is 16.8. The van der Waals surface area contributed by atoms with E-state index < -0.39 is 5.41 Å². The third kappa shape index (κ3) is 4.92. The largest absolute Gasteiger partial charge is 0.457 e. The van der Waals surface area contributed by atoms with Crippen LogP contribution in [0.3, 0.4) is 0 Å². The second-order valence-electron chi connectivity index (χ2n) is 15.7. The normalized spacial score (nSPS) is 15.9. The van der Waals surface area contributed by atoms with E-state index >= 15 is 0 Å². The molecular formula is C54H36N2OS. The van der Waals surface area contributed by atoms with E-state index in [1.165, 1.54) is 53.6 Å². The fraction of sp³-hybridized carbons (Fsp3) is 0.0741. The molecule has 0 bridgehead atoms. The van der Waals surface area contributed by atoms with Crippen molar-refractivity contribution in [3.63, 3.8) is 0 Å². The van der Waals surface area contributed by atoms with Crippen LogP contribution in [0.1, 0.15) is 47.0 Å². The maximum Gasteiger partial charge on any atom is 0.156 e. The van der Waals surface area contributed by atoms with Crippen molar-refractivity contribution >= 4 is 42.7 Å². The van der Waals surface area contributed by atoms with Crippen molar-refractivity contribution in [2.45, 2.75) is 18.8 Å². The van der Waals surface area contributed by atoms with E-state index in [1.54, 1.807) is 0 Å². The molecule has 3 heterocycles. The molecule has 2 aliphatic carbocycles. The van der Waals surface area contributed by atoms with Crippen molar-refractivity contribution in [2.75, 3.05) is 0 Å². The molecule has 4 heteroatoms. The van der Waals surface area contributed by atoms with Crippen molar-refractivity contribution in [3.05, 3.63) is 216 Å². The van der Waals surface area contributed by atoms with Crippen LogP contribution in [0, 0.1) is 5.92 Å². The number of hydrogen-bond donors (Lipinski definition) is 0. The SMILES string of the molecule is CC1CC=C(c2ccc3c(c2)Oc2ccccc2C32c3ccccc3-c3ccccc32)C=C1c1nc(-c2ccccc2)cc(-c2ccc3c(c2)sc2ccccc23)n1. The number of aromatic nitrogens is 2. The van der Waals surface area contributed by atoms with Crippen LogP contribution in [0.2, 0.25) is 0 Å². The molecule has 58 heavy (non-hydrogen) atoms. The lowest BCUT2D eigenvalue weighted by Gasteiger charge is -2.39. The molecule has 0 N–H and O–H groups in total. The van der Waals surface area contributed by atoms with E-state index in [0.29, 0.717) is 0 Å². The molecule has 3 nitrogen and oxygen atoms in total. The number of para-hydroxylation sites is 1. The molecule has 1 atom stereocenters. The minimum atomic E-state index is -0.479. The Labute approximate surface area is 341 Å². The van der Waals surface area contributed by atoms with Gasteiger partial charge in [-0.15, -0.1) is 11.3 Å². The van der Waals surface area contributed by atoms with Gasteiger partial charge in [0.2, 0.25) is 0 Å². The molecule has 0 radical (unpaired) electrons. The minimum absolute atomic E-state index is 0.239. The van der Waals surface area contributed by atoms with Gasteiger partial charge in [-0.05, 0) is 82.1 Å². The average Bonchev–Trinajstić information content (AvgIpc) is 3.80. The maximum atomic E-state index is 6.87. The van der Waals surface area contributed by atoms with E-state index in [2.05, 4.69) is 189 Å². The van der Waals surface area contributed by atoms with Crippen LogP contribution in [0.15, 0.2) is 182 Å². The molecule has 9 aromatic rings. The summed E-state index contributed by atoms with van der Waals surface area (Å²) in [4.78, 5) is 10.6. The minimum Gasteiger partial charge on any atom is -0.457 e. The molecule has 1 unspecified atom stereocenters. The standard InChI is InChI=1S/C54H36N2OS/c1-33-23-24-35(36-26-28-46-50(30-36)57-49-21-11-10-20-45(49)54(46)43-18-8-5-15-38(43)39-16-6-9-19-44(39)54)29-42(33)53-55-47(34-13-3-2-4-14-34)32-48(56-53)37-25-27-41-40-17-7-12-22-51(40)58-52(41)31-37/h2-22,24-33H,23H2,1H3. The fourth-order valence-electron chi connectivity index (χ4n) is 9.69. The van der Waals surface area contributed by atoms with E-state index in [-0.39, 0.29) is 5.92 Å². The molecule has 0 saturated carbocycles. The highest BCUT2D eigenvalue weighted by molar-refractivity contribution is 7.25. The quantitative estimate of drug-likeness (QED) is 0.179. The summed E-state index contributed by atoms with van der Waals surface area (Å²) in [6.07, 6.45) is 5.56. The number of allylic oxidation sites excluding steroid dienone is 4. The molecule has 3 aliphatic rings. The van der Waals surface area contributed by atoms with Crippen LogP contribution in [-0.4, -0.2) is 9.97 Å². The Morgan fingerprint density at radius 2 is 1.17 bits per heavy atom. The van der Waals surface area contributed by atoms with Gasteiger partial charge in [-0.25, -0.2) is 9.97 Å². The second kappa shape index (κ2) is 12.8. The van der Waals surface area contributed by atoms with Crippen molar-refractivity contribution in [3.8, 4) is 45.1 Å². The van der Waals surface area contributed by atoms with Crippen molar-refractivity contribution < 1.29 is 4.74 Å². The van der Waals surface area contributed by atoms with Crippen LogP contribution in [-0.2, 0) is 5.41 Å². The van der Waals surface area contributed by atoms with Crippen LogP contribution < -0.4 is 4.74 Å². The summed E-state index contributed by atoms with van der Waals surface area (Å²) in [7, 11) is 0. The molecule has 2 aromatic heterocycles. The highest BCUT2D eigenvalue weighted by Gasteiger charge is 2.50. The van der Waals surface area contributed by atoms with Gasteiger partial charge in [0, 0.05) is 48.0 Å². The smallest absolute Gasteiger partial charge is 0.156 e. The molecule has 12 rings (SSSR count). The Hall–Kier alpha value is -6.88. The monoisotopic (exact) mass is 760 g/mol. The van der Waals surface area contributed by atoms with Crippen LogP contribution in [0.4, 0.5) is 0 Å². The molecule has 7 aromatic carbocycles. The summed E-state index contributed by atoms with van der Waals surface area (Å²) in [5, 5.41) is 2.58. The summed E-state index contributed by atoms with van der Waals surface area (Å²) >= 11 is 1.83. The van der Waals surface area contributed by atoms with Crippen LogP contribution in [0.25, 0.3) is 65.0 Å². The zero-order chi connectivity index (χ0) is 38.4. The van der Waals surface area contributed by atoms with E-state index in [9.17, 15) is 0 Å². The Kier molecular flexibility index (Phi) is 7.36. The van der Waals surface area contributed by atoms with Gasteiger partial charge in [-0.3, -0.25) is 0 Å². The summed E-state index contributed by atoms with van der Waals surface area (Å²) in [6, 6.07) is 61.2. The molecular weight excluding hydrogens is 725 g/mol. The number of fused-ring (bicyclic) bond motifs is 12. The molecule has 1 spiro atoms. The van der Waals surface area contributed by atoms with Crippen molar-refractivity contribution in [1.29, 1.82) is 0 Å². The molecule has 0 fully saturated rings. The van der Waals surface area contributed by atoms with Gasteiger partial charge in [-0.2, -0.15) is 0 Å². The van der Waals surface area contributed by atoms with Gasteiger partial charge in [-0.1, -0.05) is 153 Å². The van der Waals surface area contributed by atoms with Crippen molar-refractivity contribution in [1.82, 2.24) is 9.97 Å². The summed E-state index contributed by atoms with van der Waals surface area (Å²) in [5.41, 5.74) is 14.4. The third-order valence-corrected chi connectivity index (χ3v) is 13.6. The van der Waals surface area contributed by atoms with Gasteiger partial charge in [0.25, 0.3) is 0 Å². The zero-order valence-corrected chi connectivity index (χ0v) is 32.6. The van der Waals surface area contributed by atoms with E-state index in [4.69, 9.17) is 14.7 Å². The Morgan fingerprint density at radius 1 is 0.534 bits per heavy atom. The number of thiophene rings is 1. The highest BCUT2D eigenvalue weighted by atomic mass is 32.1. The average molecular weight is 761 g/mol. The van der Waals surface area contributed by atoms with Gasteiger partial charge in [0.15, 0.2) is 5.82 Å². The lowest BCUT2D eigenvalue weighted by molar-refractivity contribution is 0.436. The number of ether oxygens (including phenoxy) is 1. The van der Waals surface area contributed by atoms with E-state index in [1.807, 2.05) is 11.3 Å². The van der Waals surface area contributed by atoms with Crippen LogP contribution in [0.5, 0.6) is 11.5 Å². The lowest BCUT2D eigenvalue weighted by atomic mass is 9.66. The van der Waals surface area contributed by atoms with Crippen LogP contribution >= 0.6 is 11.3 Å². The maximum absolute atomic E-state index is 6.87. The predicted octanol–water partition coefficient (Wildman–Crippen LogP) is 14.2. The topological polar surface area (TPSA) is 35.0 Å². The highest BCUT2D eigenvalue weighted by Crippen LogP contribution is 2.62. The first-order valence-electron chi connectivity index (χ1n) is 20.0. The lowest BCUT2D eigenvalue weighted by Crippen LogP contribution is -2.32. The molecule has 0 saturated heterocycles. The number of hydrogen-bond acceptors (Lipinski definition) is 4. The molecule has 0 amide bonds. The predicted molar refractivity (Wildman–Crippen MR) is 239 cm³/mol. The zero-order valence-electron chi connectivity index (χ0n) is 31.8. The molecule has 1 aliphatic heterocycles. The Balaban J connectivity index is 0.990. The number of rotatable bonds is 4. The van der Waals surface area contributed by atoms with Gasteiger partial charge in [0.05, 0.1) is 16.8 Å². The number of benzene rings is 7. The van der Waals surface area contributed by atoms with Crippen molar-refractivity contribution in [2.24, 2.45) is 5.92 Å². The summed E-state index contributed by atoms with van der Waals surface area (Å²) in [5.74, 6) is 2.79. The van der Waals surface area contributed by atoms with Gasteiger partial charge < -0.3 is 4.74 Å². The Morgan fingerprint density at radius 3 is 1.98 bits per heavy atom. The summed E-state index contributed by atoms with van der Waals surface area (Å²) < 4.78 is 9.43. The van der Waals surface area contributed by atoms with E-state index in [0.717, 1.165) is 63.0 Å². The first-order valence-corrected chi connectivity index (χ1v) is 20.8. The first-order chi connectivity index (χ1) is 28.6. The molecule has 274 valence electrons. The first kappa shape index (κ1) is 33.3. The van der Waals surface area contributed by atoms with Gasteiger partial charge in [0.1, 0.15) is 11.5 Å².